The zero-order chi connectivity index (χ0) is 35.7. The minimum Gasteiger partial charge on any atom is -0.487 e. The number of benzene rings is 1. The number of hydrogen-bond donors (Lipinski definition) is 1. The monoisotopic (exact) mass is 712 g/mol. The van der Waals surface area contributed by atoms with Gasteiger partial charge in [-0.15, -0.1) is 5.10 Å². The fourth-order valence-electron chi connectivity index (χ4n) is 7.60. The van der Waals surface area contributed by atoms with Gasteiger partial charge < -0.3 is 29.0 Å². The molecule has 3 aromatic heterocycles. The zero-order valence-corrected chi connectivity index (χ0v) is 30.0. The van der Waals surface area contributed by atoms with Gasteiger partial charge >= 0.3 is 0 Å². The minimum absolute atomic E-state index is 0.234. The SMILES string of the molecule is COCCOCCCOc1nn([C@H]2CC[C@H](N3C4CC[C@@H]3COC4)CC2)cc1Nc1ncc(-c2ccc(C#N)c(O[C@@H](C)Cn3cncn3)c2)cn1. The molecule has 1 unspecified atom stereocenters. The molecule has 0 amide bonds. The van der Waals surface area contributed by atoms with E-state index in [0.717, 1.165) is 62.1 Å². The summed E-state index contributed by atoms with van der Waals surface area (Å²) in [5.41, 5.74) is 2.78. The number of ether oxygens (including phenoxy) is 5. The van der Waals surface area contributed by atoms with Gasteiger partial charge in [-0.2, -0.15) is 10.4 Å². The van der Waals surface area contributed by atoms with Crippen LogP contribution in [0.1, 0.15) is 63.5 Å². The van der Waals surface area contributed by atoms with Crippen molar-refractivity contribution < 1.29 is 23.7 Å². The normalized spacial score (nSPS) is 22.2. The molecule has 1 saturated carbocycles. The third-order valence-electron chi connectivity index (χ3n) is 10.1. The van der Waals surface area contributed by atoms with Gasteiger partial charge in [-0.3, -0.25) is 9.58 Å². The van der Waals surface area contributed by atoms with E-state index in [2.05, 4.69) is 41.0 Å². The molecule has 2 bridgehead atoms. The van der Waals surface area contributed by atoms with Crippen molar-refractivity contribution in [1.29, 1.82) is 5.26 Å². The van der Waals surface area contributed by atoms with E-state index in [1.165, 1.54) is 19.2 Å². The van der Waals surface area contributed by atoms with E-state index in [1.54, 1.807) is 36.6 Å². The van der Waals surface area contributed by atoms with Crippen molar-refractivity contribution in [3.63, 3.8) is 0 Å². The summed E-state index contributed by atoms with van der Waals surface area (Å²) in [6.07, 6.45) is 16.1. The molecule has 1 aromatic carbocycles. The van der Waals surface area contributed by atoms with Crippen LogP contribution in [-0.4, -0.2) is 110 Å². The first-order valence-corrected chi connectivity index (χ1v) is 18.3. The molecule has 3 atom stereocenters. The largest absolute Gasteiger partial charge is 0.487 e. The van der Waals surface area contributed by atoms with Gasteiger partial charge in [0.2, 0.25) is 5.95 Å². The molecule has 276 valence electrons. The second-order valence-electron chi connectivity index (χ2n) is 13.8. The van der Waals surface area contributed by atoms with Crippen molar-refractivity contribution in [3.05, 3.63) is 55.0 Å². The van der Waals surface area contributed by atoms with E-state index in [9.17, 15) is 5.26 Å². The average molecular weight is 713 g/mol. The first kappa shape index (κ1) is 35.8. The Morgan fingerprint density at radius 2 is 1.73 bits per heavy atom. The molecule has 0 radical (unpaired) electrons. The maximum atomic E-state index is 9.71. The molecule has 1 aliphatic carbocycles. The second-order valence-corrected chi connectivity index (χ2v) is 13.8. The van der Waals surface area contributed by atoms with Crippen LogP contribution in [0.5, 0.6) is 11.6 Å². The highest BCUT2D eigenvalue weighted by molar-refractivity contribution is 5.67. The predicted molar refractivity (Wildman–Crippen MR) is 191 cm³/mol. The van der Waals surface area contributed by atoms with Gasteiger partial charge in [0.15, 0.2) is 0 Å². The zero-order valence-electron chi connectivity index (χ0n) is 30.0. The maximum absolute atomic E-state index is 9.71. The van der Waals surface area contributed by atoms with Gasteiger partial charge in [-0.05, 0) is 63.1 Å². The molecule has 1 N–H and O–H groups in total. The van der Waals surface area contributed by atoms with E-state index in [4.69, 9.17) is 28.8 Å². The number of nitrogens with zero attached hydrogens (tertiary/aromatic N) is 9. The Kier molecular flexibility index (Phi) is 11.9. The highest BCUT2D eigenvalue weighted by Crippen LogP contribution is 2.39. The Morgan fingerprint density at radius 3 is 2.46 bits per heavy atom. The fraction of sp³-hybridized carbons (Fsp3) is 0.568. The molecule has 15 heteroatoms. The molecule has 3 aliphatic rings. The van der Waals surface area contributed by atoms with Crippen molar-refractivity contribution in [3.8, 4) is 28.8 Å². The van der Waals surface area contributed by atoms with Crippen LogP contribution in [0.3, 0.4) is 0 Å². The number of nitriles is 1. The lowest BCUT2D eigenvalue weighted by Crippen LogP contribution is -2.52. The van der Waals surface area contributed by atoms with Crippen LogP contribution in [0.4, 0.5) is 11.6 Å². The van der Waals surface area contributed by atoms with Crippen molar-refractivity contribution in [1.82, 2.24) is 39.4 Å². The predicted octanol–water partition coefficient (Wildman–Crippen LogP) is 4.79. The van der Waals surface area contributed by atoms with Gasteiger partial charge in [-0.25, -0.2) is 19.6 Å². The Labute approximate surface area is 304 Å². The quantitative estimate of drug-likeness (QED) is 0.149. The topological polar surface area (TPSA) is 160 Å². The second kappa shape index (κ2) is 17.3. The number of morpholine rings is 1. The summed E-state index contributed by atoms with van der Waals surface area (Å²) in [5.74, 6) is 1.43. The number of nitrogens with one attached hydrogen (secondary N) is 1. The third-order valence-corrected chi connectivity index (χ3v) is 10.1. The standard InChI is InChI=1S/C37H48N10O5/c1-26(20-45-25-39-24-42-45)52-35-16-27(4-5-28(35)17-38)29-18-40-37(41-19-29)43-34-21-46(44-36(34)51-13-3-12-49-15-14-48-2)30-6-8-31(9-7-30)47-32-10-11-33(47)23-50-22-32/h4-5,16,18-19,21,24-26,30-33H,3,6-15,20,22-23H2,1-2H3,(H,40,41,43)/t26-,30-,31-,32+,33?/m0/s1. The van der Waals surface area contributed by atoms with E-state index >= 15 is 0 Å². The maximum Gasteiger partial charge on any atom is 0.256 e. The highest BCUT2D eigenvalue weighted by Gasteiger charge is 2.42. The Morgan fingerprint density at radius 1 is 0.962 bits per heavy atom. The highest BCUT2D eigenvalue weighted by atomic mass is 16.5. The van der Waals surface area contributed by atoms with Crippen molar-refractivity contribution >= 4 is 11.6 Å². The summed E-state index contributed by atoms with van der Waals surface area (Å²) < 4.78 is 32.6. The van der Waals surface area contributed by atoms with Crippen LogP contribution in [0.25, 0.3) is 11.1 Å². The van der Waals surface area contributed by atoms with Crippen molar-refractivity contribution in [2.24, 2.45) is 0 Å². The number of rotatable bonds is 17. The van der Waals surface area contributed by atoms with Crippen LogP contribution >= 0.6 is 0 Å². The summed E-state index contributed by atoms with van der Waals surface area (Å²) in [5, 5.41) is 22.1. The van der Waals surface area contributed by atoms with E-state index in [0.29, 0.717) is 80.3 Å². The summed E-state index contributed by atoms with van der Waals surface area (Å²) in [7, 11) is 1.66. The number of anilines is 2. The first-order valence-electron chi connectivity index (χ1n) is 18.3. The van der Waals surface area contributed by atoms with Gasteiger partial charge in [0, 0.05) is 56.2 Å². The summed E-state index contributed by atoms with van der Waals surface area (Å²) in [6.45, 7) is 6.34. The Bertz CT molecular complexity index is 1740. The van der Waals surface area contributed by atoms with Crippen LogP contribution in [-0.2, 0) is 20.8 Å². The molecule has 52 heavy (non-hydrogen) atoms. The van der Waals surface area contributed by atoms with E-state index in [-0.39, 0.29) is 6.10 Å². The molecule has 7 rings (SSSR count). The van der Waals surface area contributed by atoms with Crippen LogP contribution in [0.15, 0.2) is 49.4 Å². The molecule has 15 nitrogen and oxygen atoms in total. The summed E-state index contributed by atoms with van der Waals surface area (Å²) >= 11 is 0. The molecule has 0 spiro atoms. The van der Waals surface area contributed by atoms with Gasteiger partial charge in [0.25, 0.3) is 5.88 Å². The first-order chi connectivity index (χ1) is 25.6. The van der Waals surface area contributed by atoms with Crippen LogP contribution in [0.2, 0.25) is 0 Å². The number of methoxy groups -OCH3 is 1. The lowest BCUT2D eigenvalue weighted by Gasteiger charge is -2.43. The summed E-state index contributed by atoms with van der Waals surface area (Å²) in [4.78, 5) is 16.0. The van der Waals surface area contributed by atoms with Gasteiger partial charge in [0.1, 0.15) is 36.3 Å². The molecule has 3 fully saturated rings. The molecule has 5 heterocycles. The molecule has 2 saturated heterocycles. The van der Waals surface area contributed by atoms with Crippen molar-refractivity contribution in [2.75, 3.05) is 52.1 Å². The smallest absolute Gasteiger partial charge is 0.256 e. The average Bonchev–Trinajstić information content (AvgIpc) is 3.89. The third kappa shape index (κ3) is 8.70. The number of fused-ring (bicyclic) bond motifs is 2. The molecular weight excluding hydrogens is 664 g/mol. The minimum atomic E-state index is -0.234. The number of aromatic nitrogens is 7. The Hall–Kier alpha value is -4.62. The summed E-state index contributed by atoms with van der Waals surface area (Å²) in [6, 6.07) is 9.75. The molecular formula is C37H48N10O5. The van der Waals surface area contributed by atoms with Crippen molar-refractivity contribution in [2.45, 2.75) is 88.7 Å². The van der Waals surface area contributed by atoms with Crippen LogP contribution < -0.4 is 14.8 Å². The number of hydrogen-bond acceptors (Lipinski definition) is 13. The van der Waals surface area contributed by atoms with Gasteiger partial charge in [0.05, 0.1) is 57.4 Å². The lowest BCUT2D eigenvalue weighted by molar-refractivity contribution is -0.0458. The molecule has 2 aliphatic heterocycles. The van der Waals surface area contributed by atoms with Crippen LogP contribution in [0, 0.1) is 11.3 Å². The van der Waals surface area contributed by atoms with E-state index in [1.807, 2.05) is 25.3 Å². The fourth-order valence-corrected chi connectivity index (χ4v) is 7.60. The molecule has 4 aromatic rings. The van der Waals surface area contributed by atoms with Gasteiger partial charge in [-0.1, -0.05) is 6.07 Å². The Balaban J connectivity index is 1.01. The lowest BCUT2D eigenvalue weighted by atomic mass is 9.89. The van der Waals surface area contributed by atoms with E-state index < -0.39 is 0 Å².